The van der Waals surface area contributed by atoms with Gasteiger partial charge in [0.2, 0.25) is 0 Å². The highest BCUT2D eigenvalue weighted by Gasteiger charge is 2.20. The van der Waals surface area contributed by atoms with Crippen LogP contribution in [0, 0.1) is 6.92 Å². The van der Waals surface area contributed by atoms with Crippen LogP contribution >= 0.6 is 0 Å². The van der Waals surface area contributed by atoms with E-state index in [1.165, 1.54) is 11.1 Å². The van der Waals surface area contributed by atoms with E-state index >= 15 is 0 Å². The molecule has 1 aromatic heterocycles. The van der Waals surface area contributed by atoms with Crippen molar-refractivity contribution in [2.45, 2.75) is 13.5 Å². The minimum Gasteiger partial charge on any atom is -0.291 e. The summed E-state index contributed by atoms with van der Waals surface area (Å²) in [5.74, 6) is 0.589. The fourth-order valence-corrected chi connectivity index (χ4v) is 3.46. The quantitative estimate of drug-likeness (QED) is 0.410. The fraction of sp³-hybridized carbons (Fsp3) is 0.120. The molecule has 0 aliphatic heterocycles. The van der Waals surface area contributed by atoms with Crippen LogP contribution in [0.2, 0.25) is 0 Å². The molecule has 0 saturated heterocycles. The number of carbonyl (C=O) groups is 1. The Hall–Kier alpha value is -3.66. The normalized spacial score (nSPS) is 10.8. The lowest BCUT2D eigenvalue weighted by Gasteiger charge is -2.03. The second kappa shape index (κ2) is 7.76. The van der Waals surface area contributed by atoms with Crippen LogP contribution < -0.4 is 10.3 Å². The highest BCUT2D eigenvalue weighted by Crippen LogP contribution is 2.25. The Morgan fingerprint density at radius 1 is 0.862 bits per heavy atom. The number of nitrogens with zero attached hydrogens (tertiary/aromatic N) is 2. The first-order valence-electron chi connectivity index (χ1n) is 9.63. The molecule has 0 atom stereocenters. The Kier molecular flexibility index (Phi) is 5.00. The van der Waals surface area contributed by atoms with E-state index in [4.69, 9.17) is 5.73 Å². The van der Waals surface area contributed by atoms with Crippen molar-refractivity contribution in [1.82, 2.24) is 4.57 Å². The number of Topliss-reactive ketones (excluding diaryl/α,β-unsaturated/α-hetero) is 1. The van der Waals surface area contributed by atoms with Gasteiger partial charge in [-0.05, 0) is 18.1 Å². The van der Waals surface area contributed by atoms with E-state index in [-0.39, 0.29) is 12.3 Å². The van der Waals surface area contributed by atoms with Gasteiger partial charge in [0.1, 0.15) is 18.4 Å². The number of hydrogen-bond acceptors (Lipinski definition) is 2. The molecule has 0 aliphatic carbocycles. The molecule has 4 rings (SSSR count). The Bertz CT molecular complexity index is 1140. The first-order chi connectivity index (χ1) is 14.0. The summed E-state index contributed by atoms with van der Waals surface area (Å²) in [6.45, 7) is 2.22. The van der Waals surface area contributed by atoms with Gasteiger partial charge in [0.15, 0.2) is 5.78 Å². The van der Waals surface area contributed by atoms with E-state index < -0.39 is 0 Å². The smallest absolute Gasteiger partial charge is 0.291 e. The molecular weight excluding hydrogens is 358 g/mol. The number of benzene rings is 3. The molecule has 29 heavy (non-hydrogen) atoms. The average molecular weight is 382 g/mol. The van der Waals surface area contributed by atoms with Gasteiger partial charge in [0.25, 0.3) is 0 Å². The van der Waals surface area contributed by atoms with Crippen molar-refractivity contribution < 1.29 is 9.36 Å². The largest absolute Gasteiger partial charge is 0.355 e. The number of carbonyl (C=O) groups excluding carboxylic acids is 1. The highest BCUT2D eigenvalue weighted by molar-refractivity contribution is 5.95. The van der Waals surface area contributed by atoms with Crippen LogP contribution in [0.3, 0.4) is 0 Å². The van der Waals surface area contributed by atoms with Gasteiger partial charge in [0.05, 0.1) is 7.05 Å². The topological polar surface area (TPSA) is 51.9 Å². The summed E-state index contributed by atoms with van der Waals surface area (Å²) in [4.78, 5) is 12.7. The molecule has 4 heteroatoms. The van der Waals surface area contributed by atoms with Crippen LogP contribution in [-0.2, 0) is 13.6 Å². The number of ketones is 1. The van der Waals surface area contributed by atoms with Crippen LogP contribution in [0.1, 0.15) is 15.9 Å². The summed E-state index contributed by atoms with van der Waals surface area (Å²) >= 11 is 0. The number of nitrogens with two attached hydrogens (primary N) is 1. The van der Waals surface area contributed by atoms with Gasteiger partial charge < -0.3 is 0 Å². The zero-order valence-corrected chi connectivity index (χ0v) is 16.7. The molecular formula is C25H24N3O+. The van der Waals surface area contributed by atoms with Crippen molar-refractivity contribution in [2.75, 3.05) is 5.73 Å². The molecule has 0 fully saturated rings. The Morgan fingerprint density at radius 2 is 1.45 bits per heavy atom. The zero-order chi connectivity index (χ0) is 20.4. The predicted molar refractivity (Wildman–Crippen MR) is 116 cm³/mol. The van der Waals surface area contributed by atoms with Gasteiger partial charge in [-0.1, -0.05) is 84.4 Å². The minimum absolute atomic E-state index is 0.0401. The first-order valence-corrected chi connectivity index (χ1v) is 9.63. The van der Waals surface area contributed by atoms with Gasteiger partial charge in [-0.15, -0.1) is 0 Å². The monoisotopic (exact) mass is 382 g/mol. The average Bonchev–Trinajstić information content (AvgIpc) is 3.03. The van der Waals surface area contributed by atoms with Crippen LogP contribution in [0.4, 0.5) is 5.95 Å². The Labute approximate surface area is 170 Å². The summed E-state index contributed by atoms with van der Waals surface area (Å²) in [6.07, 6.45) is 1.94. The number of anilines is 1. The summed E-state index contributed by atoms with van der Waals surface area (Å²) in [5.41, 5.74) is 12.5. The molecule has 0 spiro atoms. The number of nitrogen functional groups attached to an aromatic ring is 1. The van der Waals surface area contributed by atoms with Gasteiger partial charge in [-0.3, -0.25) is 10.5 Å². The molecule has 0 amide bonds. The van der Waals surface area contributed by atoms with Gasteiger partial charge in [-0.25, -0.2) is 9.13 Å². The molecule has 0 unspecified atom stereocenters. The Morgan fingerprint density at radius 3 is 2.10 bits per heavy atom. The van der Waals surface area contributed by atoms with E-state index in [2.05, 4.69) is 36.4 Å². The number of hydrogen-bond donors (Lipinski definition) is 1. The maximum absolute atomic E-state index is 12.7. The summed E-state index contributed by atoms with van der Waals surface area (Å²) < 4.78 is 3.72. The highest BCUT2D eigenvalue weighted by atomic mass is 16.1. The Balaban J connectivity index is 1.59. The number of imidazole rings is 1. The molecule has 0 saturated carbocycles. The SMILES string of the molecule is Cc1ccc(C(=O)C[n+]2cc(-c3ccc(-c4ccccc4)cc3)n(C)c2N)cc1. The third-order valence-corrected chi connectivity index (χ3v) is 5.25. The van der Waals surface area contributed by atoms with Crippen LogP contribution in [-0.4, -0.2) is 10.4 Å². The lowest BCUT2D eigenvalue weighted by atomic mass is 10.0. The zero-order valence-electron chi connectivity index (χ0n) is 16.7. The van der Waals surface area contributed by atoms with Gasteiger partial charge in [0, 0.05) is 11.1 Å². The van der Waals surface area contributed by atoms with E-state index in [0.717, 1.165) is 16.8 Å². The summed E-state index contributed by atoms with van der Waals surface area (Å²) in [5, 5.41) is 0. The lowest BCUT2D eigenvalue weighted by Crippen LogP contribution is -2.39. The molecule has 0 radical (unpaired) electrons. The van der Waals surface area contributed by atoms with E-state index in [1.807, 2.05) is 71.8 Å². The standard InChI is InChI=1S/C25H23N3O/c1-18-8-10-22(11-9-18)24(29)17-28-16-23(27(2)25(28)26)21-14-12-20(13-15-21)19-6-4-3-5-7-19/h3-16,26H,17H2,1-2H3/p+1. The molecule has 0 aliphatic rings. The molecule has 4 nitrogen and oxygen atoms in total. The minimum atomic E-state index is 0.0401. The fourth-order valence-electron chi connectivity index (χ4n) is 3.46. The molecule has 3 aromatic carbocycles. The maximum atomic E-state index is 12.7. The molecule has 0 bridgehead atoms. The molecule has 1 heterocycles. The number of aryl methyl sites for hydroxylation is 1. The third-order valence-electron chi connectivity index (χ3n) is 5.25. The third kappa shape index (κ3) is 3.83. The number of aromatic nitrogens is 2. The van der Waals surface area contributed by atoms with Crippen molar-refractivity contribution in [3.8, 4) is 22.4 Å². The summed E-state index contributed by atoms with van der Waals surface area (Å²) in [6, 6.07) is 26.3. The lowest BCUT2D eigenvalue weighted by molar-refractivity contribution is -0.667. The van der Waals surface area contributed by atoms with Crippen molar-refractivity contribution in [1.29, 1.82) is 0 Å². The molecule has 144 valence electrons. The second-order valence-electron chi connectivity index (χ2n) is 7.29. The van der Waals surface area contributed by atoms with Crippen LogP contribution in [0.15, 0.2) is 85.1 Å². The molecule has 4 aromatic rings. The first kappa shape index (κ1) is 18.7. The predicted octanol–water partition coefficient (Wildman–Crippen LogP) is 4.42. The number of rotatable bonds is 5. The van der Waals surface area contributed by atoms with E-state index in [1.54, 1.807) is 0 Å². The van der Waals surface area contributed by atoms with Crippen LogP contribution in [0.25, 0.3) is 22.4 Å². The van der Waals surface area contributed by atoms with Gasteiger partial charge in [-0.2, -0.15) is 0 Å². The van der Waals surface area contributed by atoms with E-state index in [0.29, 0.717) is 11.5 Å². The van der Waals surface area contributed by atoms with E-state index in [9.17, 15) is 4.79 Å². The van der Waals surface area contributed by atoms with Crippen molar-refractivity contribution in [3.05, 3.63) is 96.2 Å². The van der Waals surface area contributed by atoms with Crippen molar-refractivity contribution >= 4 is 11.7 Å². The second-order valence-corrected chi connectivity index (χ2v) is 7.29. The van der Waals surface area contributed by atoms with Crippen molar-refractivity contribution in [3.63, 3.8) is 0 Å². The van der Waals surface area contributed by atoms with Crippen molar-refractivity contribution in [2.24, 2.45) is 7.05 Å². The van der Waals surface area contributed by atoms with Crippen LogP contribution in [0.5, 0.6) is 0 Å². The van der Waals surface area contributed by atoms with Gasteiger partial charge >= 0.3 is 5.95 Å². The maximum Gasteiger partial charge on any atom is 0.355 e. The molecule has 2 N–H and O–H groups in total. The summed E-state index contributed by atoms with van der Waals surface area (Å²) in [7, 11) is 1.92.